The number of alkyl halides is 2. The van der Waals surface area contributed by atoms with Crippen LogP contribution in [0, 0.1) is 0 Å². The van der Waals surface area contributed by atoms with Crippen LogP contribution in [-0.2, 0) is 71.4 Å². The first-order chi connectivity index (χ1) is 31.6. The van der Waals surface area contributed by atoms with Crippen LogP contribution in [0.2, 0.25) is 0 Å². The summed E-state index contributed by atoms with van der Waals surface area (Å²) in [6, 6.07) is 15.6. The number of fused-ring (bicyclic) bond motifs is 8. The third-order valence-electron chi connectivity index (χ3n) is 13.9. The van der Waals surface area contributed by atoms with Crippen molar-refractivity contribution >= 4 is 23.2 Å². The fourth-order valence-corrected chi connectivity index (χ4v) is 9.27. The summed E-state index contributed by atoms with van der Waals surface area (Å²) in [6.45, 7) is 40.4. The fourth-order valence-electron chi connectivity index (χ4n) is 9.27. The molecule has 0 saturated heterocycles. The van der Waals surface area contributed by atoms with E-state index in [0.717, 1.165) is 22.3 Å². The Kier molecular flexibility index (Phi) is 26.1. The molecule has 4 aromatic rings. The average Bonchev–Trinajstić information content (AvgIpc) is 3.24. The van der Waals surface area contributed by atoms with Crippen molar-refractivity contribution in [2.45, 2.75) is 209 Å². The van der Waals surface area contributed by atoms with Gasteiger partial charge in [-0.2, -0.15) is 0 Å². The number of rotatable bonds is 12. The molecule has 1 aliphatic rings. The molecule has 70 heavy (non-hydrogen) atoms. The maximum Gasteiger partial charge on any atom is 0.0967 e. The summed E-state index contributed by atoms with van der Waals surface area (Å²) in [7, 11) is 0. The monoisotopic (exact) mass is 1040 g/mol. The Morgan fingerprint density at radius 1 is 0.371 bits per heavy atom. The van der Waals surface area contributed by atoms with Crippen LogP contribution < -0.4 is 20.4 Å². The Labute approximate surface area is 448 Å². The van der Waals surface area contributed by atoms with Gasteiger partial charge >= 0.3 is 0 Å². The first-order valence-electron chi connectivity index (χ1n) is 25.9. The van der Waals surface area contributed by atoms with E-state index in [9.17, 15) is 20.4 Å². The Balaban J connectivity index is 0.000000943. The normalized spacial score (nSPS) is 12.9. The molecule has 0 aromatic heterocycles. The third-order valence-corrected chi connectivity index (χ3v) is 13.9. The zero-order valence-corrected chi connectivity index (χ0v) is 49.2. The van der Waals surface area contributed by atoms with E-state index in [-0.39, 0.29) is 99.7 Å². The standard InChI is InChI=1S/C44H56O4.C16H36N.CH2Cl2.O.V/c1-41(2,3)33-17-25-13-27-19-34(42(4,5)6)21-29(38(27)46)15-31-23-36(44(10,11)12)24-32(40(31)48)16-30-22-35(43(7,8)9)20-28(39(30)47)14-26(18-33)37(25)45;1-5-9-13-17(14-10-6-2,15-11-7-3)16-12-8-4;2-1-3;;/h17-24,45-48H,13-16H2,1-12H3;5-16H2,1-4H3;1H2;;/q;+1;;-2;/p-4. The molecule has 4 aromatic carbocycles. The molecule has 0 aliphatic heterocycles. The van der Waals surface area contributed by atoms with Crippen LogP contribution in [0.5, 0.6) is 23.0 Å². The summed E-state index contributed by atoms with van der Waals surface area (Å²) in [4.78, 5) is 0. The Bertz CT molecular complexity index is 1830. The van der Waals surface area contributed by atoms with Crippen LogP contribution in [-0.4, -0.2) is 36.0 Å². The van der Waals surface area contributed by atoms with Crippen LogP contribution in [0.25, 0.3) is 0 Å². The molecule has 0 unspecified atom stereocenters. The van der Waals surface area contributed by atoms with Gasteiger partial charge in [0.2, 0.25) is 0 Å². The summed E-state index contributed by atoms with van der Waals surface area (Å²) < 4.78 is 1.42. The minimum absolute atomic E-state index is 0. The predicted octanol–water partition coefficient (Wildman–Crippen LogP) is 14.2. The van der Waals surface area contributed by atoms with Crippen molar-refractivity contribution in [3.63, 3.8) is 0 Å². The molecular weight excluding hydrogens is 949 g/mol. The molecule has 8 bridgehead atoms. The van der Waals surface area contributed by atoms with Gasteiger partial charge in [-0.25, -0.2) is 0 Å². The zero-order chi connectivity index (χ0) is 51.4. The van der Waals surface area contributed by atoms with Gasteiger partial charge in [0.1, 0.15) is 0 Å². The molecule has 0 N–H and O–H groups in total. The van der Waals surface area contributed by atoms with E-state index in [1.54, 1.807) is 0 Å². The van der Waals surface area contributed by atoms with Crippen molar-refractivity contribution in [2.75, 3.05) is 31.5 Å². The SMILES string of the molecule is CC(C)(C)c1cc2c([O-])c(c1)Cc1cc(C(C)(C)C)cc(c1[O-])Cc1cc(C(C)(C)C)cc(c1[O-])Cc1cc(C(C)(C)C)cc(c1[O-])C2.CCCC[N+](CCCC)(CCCC)CCCC.ClCCl.[O-2].[V]. The minimum atomic E-state index is -0.256. The zero-order valence-electron chi connectivity index (χ0n) is 46.3. The van der Waals surface area contributed by atoms with Gasteiger partial charge in [-0.15, -0.1) is 46.2 Å². The fraction of sp³-hybridized carbons (Fsp3) is 0.607. The number of unbranched alkanes of at least 4 members (excludes halogenated alkanes) is 4. The summed E-state index contributed by atoms with van der Waals surface area (Å²) in [5.74, 6) is -0.496. The van der Waals surface area contributed by atoms with E-state index in [1.165, 1.54) is 82.0 Å². The summed E-state index contributed by atoms with van der Waals surface area (Å²) in [5, 5.41) is 57.3. The molecule has 0 atom stereocenters. The summed E-state index contributed by atoms with van der Waals surface area (Å²) in [5.41, 5.74) is 7.39. The smallest absolute Gasteiger partial charge is 0.0967 e. The number of hydrogen-bond acceptors (Lipinski definition) is 4. The topological polar surface area (TPSA) is 121 Å². The van der Waals surface area contributed by atoms with Gasteiger partial charge in [0.05, 0.1) is 31.5 Å². The van der Waals surface area contributed by atoms with Crippen molar-refractivity contribution in [1.82, 2.24) is 0 Å². The molecule has 9 heteroatoms. The quantitative estimate of drug-likeness (QED) is 0.0912. The van der Waals surface area contributed by atoms with Crippen LogP contribution in [0.15, 0.2) is 48.5 Å². The number of quaternary nitrogens is 1. The van der Waals surface area contributed by atoms with E-state index in [2.05, 4.69) is 111 Å². The second-order valence-electron chi connectivity index (χ2n) is 24.0. The maximum absolute atomic E-state index is 14.3. The molecule has 5 rings (SSSR count). The molecule has 1 radical (unpaired) electrons. The Morgan fingerprint density at radius 3 is 0.629 bits per heavy atom. The van der Waals surface area contributed by atoms with E-state index < -0.39 is 0 Å². The van der Waals surface area contributed by atoms with Crippen molar-refractivity contribution < 1.29 is 48.9 Å². The predicted molar refractivity (Wildman–Crippen MR) is 286 cm³/mol. The third kappa shape index (κ3) is 18.3. The molecule has 0 spiro atoms. The molecule has 393 valence electrons. The van der Waals surface area contributed by atoms with Crippen molar-refractivity contribution in [1.29, 1.82) is 0 Å². The average molecular weight is 1040 g/mol. The molecule has 0 amide bonds. The van der Waals surface area contributed by atoms with E-state index in [1.807, 2.05) is 48.5 Å². The number of hydrogen-bond donors (Lipinski definition) is 0. The van der Waals surface area contributed by atoms with E-state index >= 15 is 0 Å². The van der Waals surface area contributed by atoms with E-state index in [0.29, 0.717) is 44.5 Å². The van der Waals surface area contributed by atoms with Crippen LogP contribution in [0.1, 0.15) is 229 Å². The largest absolute Gasteiger partial charge is 2.00 e. The van der Waals surface area contributed by atoms with Crippen molar-refractivity contribution in [3.05, 3.63) is 115 Å². The van der Waals surface area contributed by atoms with Crippen LogP contribution >= 0.6 is 23.2 Å². The number of nitrogens with zero attached hydrogens (tertiary/aromatic N) is 1. The molecule has 0 fully saturated rings. The van der Waals surface area contributed by atoms with Gasteiger partial charge in [0.15, 0.2) is 0 Å². The molecule has 0 saturated carbocycles. The van der Waals surface area contributed by atoms with Gasteiger partial charge < -0.3 is 30.4 Å². The molecule has 6 nitrogen and oxygen atoms in total. The van der Waals surface area contributed by atoms with Gasteiger partial charge in [-0.1, -0.05) is 230 Å². The first-order valence-corrected chi connectivity index (χ1v) is 27.0. The van der Waals surface area contributed by atoms with E-state index in [4.69, 9.17) is 23.2 Å². The van der Waals surface area contributed by atoms with Gasteiger partial charge in [0, 0.05) is 18.6 Å². The molecule has 1 aliphatic carbocycles. The van der Waals surface area contributed by atoms with Crippen LogP contribution in [0.4, 0.5) is 0 Å². The maximum atomic E-state index is 14.3. The second kappa shape index (κ2) is 28.0. The van der Waals surface area contributed by atoms with Gasteiger partial charge in [-0.05, 0) is 95.3 Å². The Hall–Kier alpha value is -2.84. The minimum Gasteiger partial charge on any atom is -2.00 e. The summed E-state index contributed by atoms with van der Waals surface area (Å²) in [6.07, 6.45) is 11.8. The number of halogens is 2. The molecular formula is C61H90Cl2NO5V-5. The van der Waals surface area contributed by atoms with Crippen molar-refractivity contribution in [2.24, 2.45) is 0 Å². The van der Waals surface area contributed by atoms with Crippen LogP contribution in [0.3, 0.4) is 0 Å². The molecule has 0 heterocycles. The van der Waals surface area contributed by atoms with Crippen molar-refractivity contribution in [3.8, 4) is 23.0 Å². The second-order valence-corrected chi connectivity index (χ2v) is 24.8. The summed E-state index contributed by atoms with van der Waals surface area (Å²) >= 11 is 9.53. The number of benzene rings is 4. The van der Waals surface area contributed by atoms with Gasteiger partial charge in [-0.3, -0.25) is 0 Å². The first kappa shape index (κ1) is 65.2. The Morgan fingerprint density at radius 2 is 0.514 bits per heavy atom. The van der Waals surface area contributed by atoms with Gasteiger partial charge in [0.25, 0.3) is 0 Å².